The van der Waals surface area contributed by atoms with Crippen LogP contribution in [0.15, 0.2) is 16.6 Å². The Morgan fingerprint density at radius 2 is 2.25 bits per heavy atom. The third kappa shape index (κ3) is 3.89. The molecule has 1 atom stereocenters. The predicted octanol–water partition coefficient (Wildman–Crippen LogP) is 0.909. The van der Waals surface area contributed by atoms with Crippen LogP contribution >= 0.6 is 15.9 Å². The lowest BCUT2D eigenvalue weighted by Gasteiger charge is -2.13. The summed E-state index contributed by atoms with van der Waals surface area (Å²) < 4.78 is 4.84. The second-order valence-electron chi connectivity index (χ2n) is 3.82. The molecule has 1 aromatic rings. The zero-order valence-corrected chi connectivity index (χ0v) is 12.1. The molecule has 0 saturated heterocycles. The summed E-state index contributed by atoms with van der Waals surface area (Å²) in [4.78, 5) is 21.7. The molecule has 0 radical (unpaired) electrons. The molecule has 1 aromatic carbocycles. The van der Waals surface area contributed by atoms with Gasteiger partial charge in [-0.3, -0.25) is 10.1 Å². The molecule has 0 spiro atoms. The minimum absolute atomic E-state index is 0.0214. The molecule has 0 aliphatic rings. The van der Waals surface area contributed by atoms with Gasteiger partial charge < -0.3 is 20.3 Å². The Hall–Kier alpha value is -1.71. The van der Waals surface area contributed by atoms with Crippen molar-refractivity contribution in [3.8, 4) is 0 Å². The summed E-state index contributed by atoms with van der Waals surface area (Å²) in [6, 6.07) is 2.41. The van der Waals surface area contributed by atoms with E-state index < -0.39 is 29.3 Å². The molecule has 8 nitrogen and oxygen atoms in total. The van der Waals surface area contributed by atoms with Crippen LogP contribution in [0.5, 0.6) is 0 Å². The number of aliphatic hydroxyl groups excluding tert-OH is 2. The molecule has 3 N–H and O–H groups in total. The Bertz CT molecular complexity index is 522. The lowest BCUT2D eigenvalue weighted by Crippen LogP contribution is -2.23. The van der Waals surface area contributed by atoms with Gasteiger partial charge in [-0.05, 0) is 22.0 Å². The number of nitro benzene ring substituents is 1. The first kappa shape index (κ1) is 16.3. The molecule has 1 unspecified atom stereocenters. The first-order valence-corrected chi connectivity index (χ1v) is 6.29. The summed E-state index contributed by atoms with van der Waals surface area (Å²) in [6.45, 7) is -0.408. The number of esters is 1. The number of nitrogens with zero attached hydrogens (tertiary/aromatic N) is 1. The quantitative estimate of drug-likeness (QED) is 0.396. The first-order valence-electron chi connectivity index (χ1n) is 5.49. The van der Waals surface area contributed by atoms with Crippen LogP contribution in [-0.2, 0) is 4.74 Å². The Morgan fingerprint density at radius 1 is 1.60 bits per heavy atom. The molecule has 0 aromatic heterocycles. The molecule has 20 heavy (non-hydrogen) atoms. The highest BCUT2D eigenvalue weighted by atomic mass is 79.9. The SMILES string of the molecule is COC(=O)c1cc(NCC(O)CO)c(Br)cc1[N+](=O)[O-]. The molecular formula is C11H13BrN2O6. The van der Waals surface area contributed by atoms with Gasteiger partial charge >= 0.3 is 5.97 Å². The zero-order valence-electron chi connectivity index (χ0n) is 10.5. The topological polar surface area (TPSA) is 122 Å². The normalized spacial score (nSPS) is 11.8. The van der Waals surface area contributed by atoms with Gasteiger partial charge in [0, 0.05) is 22.8 Å². The van der Waals surface area contributed by atoms with Crippen molar-refractivity contribution in [3.63, 3.8) is 0 Å². The first-order chi connectivity index (χ1) is 9.40. The van der Waals surface area contributed by atoms with E-state index in [1.165, 1.54) is 12.1 Å². The Balaban J connectivity index is 3.14. The molecule has 0 aliphatic carbocycles. The van der Waals surface area contributed by atoms with Gasteiger partial charge in [-0.15, -0.1) is 0 Å². The number of carbonyl (C=O) groups excluding carboxylic acids is 1. The summed E-state index contributed by atoms with van der Waals surface area (Å²) in [5, 5.41) is 31.6. The van der Waals surface area contributed by atoms with Gasteiger partial charge in [0.25, 0.3) is 5.69 Å². The molecule has 0 bridgehead atoms. The average Bonchev–Trinajstić information content (AvgIpc) is 2.44. The standard InChI is InChI=1S/C11H13BrN2O6/c1-20-11(17)7-2-9(13-4-6(16)5-15)8(12)3-10(7)14(18)19/h2-3,6,13,15-16H,4-5H2,1H3. The molecule has 0 saturated carbocycles. The highest BCUT2D eigenvalue weighted by Crippen LogP contribution is 2.31. The van der Waals surface area contributed by atoms with E-state index in [0.717, 1.165) is 7.11 Å². The van der Waals surface area contributed by atoms with Crippen molar-refractivity contribution in [1.82, 2.24) is 0 Å². The molecule has 9 heteroatoms. The fourth-order valence-electron chi connectivity index (χ4n) is 1.42. The fourth-order valence-corrected chi connectivity index (χ4v) is 1.89. The maximum absolute atomic E-state index is 11.5. The van der Waals surface area contributed by atoms with E-state index in [2.05, 4.69) is 26.0 Å². The number of aliphatic hydroxyl groups is 2. The summed E-state index contributed by atoms with van der Waals surface area (Å²) >= 11 is 3.13. The highest BCUT2D eigenvalue weighted by molar-refractivity contribution is 9.10. The van der Waals surface area contributed by atoms with Crippen molar-refractivity contribution in [1.29, 1.82) is 0 Å². The zero-order chi connectivity index (χ0) is 15.3. The van der Waals surface area contributed by atoms with Crippen LogP contribution < -0.4 is 5.32 Å². The number of anilines is 1. The van der Waals surface area contributed by atoms with E-state index >= 15 is 0 Å². The van der Waals surface area contributed by atoms with Crippen LogP contribution in [0.2, 0.25) is 0 Å². The van der Waals surface area contributed by atoms with Crippen LogP contribution in [0, 0.1) is 10.1 Å². The lowest BCUT2D eigenvalue weighted by atomic mass is 10.1. The summed E-state index contributed by atoms with van der Waals surface area (Å²) in [7, 11) is 1.12. The lowest BCUT2D eigenvalue weighted by molar-refractivity contribution is -0.385. The number of nitrogens with one attached hydrogen (secondary N) is 1. The van der Waals surface area contributed by atoms with Crippen molar-refractivity contribution in [3.05, 3.63) is 32.3 Å². The van der Waals surface area contributed by atoms with Gasteiger partial charge in [-0.2, -0.15) is 0 Å². The van der Waals surface area contributed by atoms with E-state index in [4.69, 9.17) is 5.11 Å². The van der Waals surface area contributed by atoms with E-state index in [1.807, 2.05) is 0 Å². The number of methoxy groups -OCH3 is 1. The van der Waals surface area contributed by atoms with Gasteiger partial charge in [-0.1, -0.05) is 0 Å². The fraction of sp³-hybridized carbons (Fsp3) is 0.364. The minimum atomic E-state index is -0.987. The van der Waals surface area contributed by atoms with E-state index in [0.29, 0.717) is 10.2 Å². The number of rotatable bonds is 6. The van der Waals surface area contributed by atoms with Crippen LogP contribution in [-0.4, -0.2) is 47.5 Å². The Morgan fingerprint density at radius 3 is 2.75 bits per heavy atom. The molecule has 110 valence electrons. The number of ether oxygens (including phenoxy) is 1. The Kier molecular flexibility index (Phi) is 5.86. The minimum Gasteiger partial charge on any atom is -0.465 e. The molecule has 1 rings (SSSR count). The number of halogens is 1. The second kappa shape index (κ2) is 7.17. The predicted molar refractivity (Wildman–Crippen MR) is 73.7 cm³/mol. The number of hydrogen-bond donors (Lipinski definition) is 3. The van der Waals surface area contributed by atoms with Crippen LogP contribution in [0.1, 0.15) is 10.4 Å². The number of carbonyl (C=O) groups is 1. The molecule has 0 fully saturated rings. The number of hydrogen-bond acceptors (Lipinski definition) is 7. The van der Waals surface area contributed by atoms with E-state index in [-0.39, 0.29) is 12.1 Å². The molecule has 0 amide bonds. The molecule has 0 heterocycles. The smallest absolute Gasteiger partial charge is 0.344 e. The monoisotopic (exact) mass is 348 g/mol. The highest BCUT2D eigenvalue weighted by Gasteiger charge is 2.23. The van der Waals surface area contributed by atoms with Crippen molar-refractivity contribution in [2.24, 2.45) is 0 Å². The summed E-state index contributed by atoms with van der Waals surface area (Å²) in [5.74, 6) is -0.838. The second-order valence-corrected chi connectivity index (χ2v) is 4.67. The van der Waals surface area contributed by atoms with Gasteiger partial charge in [0.15, 0.2) is 0 Å². The van der Waals surface area contributed by atoms with Crippen molar-refractivity contribution in [2.75, 3.05) is 25.6 Å². The van der Waals surface area contributed by atoms with Crippen molar-refractivity contribution in [2.45, 2.75) is 6.10 Å². The maximum Gasteiger partial charge on any atom is 0.344 e. The van der Waals surface area contributed by atoms with Crippen LogP contribution in [0.3, 0.4) is 0 Å². The maximum atomic E-state index is 11.5. The average molecular weight is 349 g/mol. The molecule has 0 aliphatic heterocycles. The van der Waals surface area contributed by atoms with Crippen LogP contribution in [0.4, 0.5) is 11.4 Å². The van der Waals surface area contributed by atoms with Gasteiger partial charge in [0.2, 0.25) is 0 Å². The largest absolute Gasteiger partial charge is 0.465 e. The molecular weight excluding hydrogens is 336 g/mol. The third-order valence-electron chi connectivity index (χ3n) is 2.43. The van der Waals surface area contributed by atoms with Crippen molar-refractivity contribution < 1.29 is 24.7 Å². The van der Waals surface area contributed by atoms with Gasteiger partial charge in [0.1, 0.15) is 5.56 Å². The summed E-state index contributed by atoms with van der Waals surface area (Å²) in [5.41, 5.74) is -0.234. The van der Waals surface area contributed by atoms with E-state index in [9.17, 15) is 20.0 Å². The Labute approximate surface area is 122 Å². The van der Waals surface area contributed by atoms with Gasteiger partial charge in [0.05, 0.1) is 24.7 Å². The third-order valence-corrected chi connectivity index (χ3v) is 3.08. The summed E-state index contributed by atoms with van der Waals surface area (Å²) in [6.07, 6.45) is -0.987. The van der Waals surface area contributed by atoms with Gasteiger partial charge in [-0.25, -0.2) is 4.79 Å². The number of nitro groups is 1. The number of benzene rings is 1. The van der Waals surface area contributed by atoms with E-state index in [1.54, 1.807) is 0 Å². The van der Waals surface area contributed by atoms with Crippen LogP contribution in [0.25, 0.3) is 0 Å². The van der Waals surface area contributed by atoms with Crippen molar-refractivity contribution >= 4 is 33.3 Å².